The first-order chi connectivity index (χ1) is 7.31. The molecule has 2 aliphatic heterocycles. The van der Waals surface area contributed by atoms with Crippen molar-refractivity contribution in [2.45, 2.75) is 71.7 Å². The SMILES string of the molecule is CC1CC2(CC(C(C)(C)C)=NO2)CC(C)O1. The maximum atomic E-state index is 5.77. The van der Waals surface area contributed by atoms with Gasteiger partial charge in [-0.25, -0.2) is 0 Å². The van der Waals surface area contributed by atoms with Gasteiger partial charge in [0.2, 0.25) is 0 Å². The van der Waals surface area contributed by atoms with Gasteiger partial charge in [0.05, 0.1) is 17.9 Å². The average Bonchev–Trinajstić information content (AvgIpc) is 2.45. The molecule has 2 rings (SSSR count). The Morgan fingerprint density at radius 3 is 2.19 bits per heavy atom. The largest absolute Gasteiger partial charge is 0.389 e. The van der Waals surface area contributed by atoms with Crippen molar-refractivity contribution in [3.05, 3.63) is 0 Å². The van der Waals surface area contributed by atoms with E-state index in [2.05, 4.69) is 39.8 Å². The Morgan fingerprint density at radius 1 is 1.19 bits per heavy atom. The van der Waals surface area contributed by atoms with E-state index >= 15 is 0 Å². The zero-order valence-electron chi connectivity index (χ0n) is 11.0. The summed E-state index contributed by atoms with van der Waals surface area (Å²) in [6, 6.07) is 0. The second-order valence-electron chi connectivity index (χ2n) is 6.40. The molecule has 0 aromatic carbocycles. The van der Waals surface area contributed by atoms with Crippen molar-refractivity contribution < 1.29 is 9.57 Å². The van der Waals surface area contributed by atoms with Gasteiger partial charge >= 0.3 is 0 Å². The van der Waals surface area contributed by atoms with Crippen LogP contribution >= 0.6 is 0 Å². The van der Waals surface area contributed by atoms with Crippen LogP contribution in [0.1, 0.15) is 53.9 Å². The van der Waals surface area contributed by atoms with Gasteiger partial charge in [-0.1, -0.05) is 25.9 Å². The van der Waals surface area contributed by atoms with E-state index in [4.69, 9.17) is 9.57 Å². The lowest BCUT2D eigenvalue weighted by Gasteiger charge is -2.38. The number of oxime groups is 1. The molecule has 0 aliphatic carbocycles. The van der Waals surface area contributed by atoms with E-state index in [1.54, 1.807) is 0 Å². The van der Waals surface area contributed by atoms with Crippen LogP contribution in [0.2, 0.25) is 0 Å². The van der Waals surface area contributed by atoms with Crippen molar-refractivity contribution in [3.8, 4) is 0 Å². The number of rotatable bonds is 0. The zero-order chi connectivity index (χ0) is 12.0. The molecular weight excluding hydrogens is 202 g/mol. The fourth-order valence-corrected chi connectivity index (χ4v) is 2.77. The normalized spacial score (nSPS) is 39.7. The van der Waals surface area contributed by atoms with Gasteiger partial charge in [-0.2, -0.15) is 0 Å². The van der Waals surface area contributed by atoms with Gasteiger partial charge in [-0.3, -0.25) is 0 Å². The highest BCUT2D eigenvalue weighted by molar-refractivity contribution is 5.90. The van der Waals surface area contributed by atoms with Crippen molar-refractivity contribution >= 4 is 5.71 Å². The molecule has 0 aromatic rings. The molecule has 0 amide bonds. The van der Waals surface area contributed by atoms with Gasteiger partial charge in [0.25, 0.3) is 0 Å². The molecule has 0 bridgehead atoms. The highest BCUT2D eigenvalue weighted by atomic mass is 16.7. The highest BCUT2D eigenvalue weighted by Crippen LogP contribution is 2.41. The van der Waals surface area contributed by atoms with Crippen LogP contribution in [0.5, 0.6) is 0 Å². The fourth-order valence-electron chi connectivity index (χ4n) is 2.77. The van der Waals surface area contributed by atoms with E-state index in [9.17, 15) is 0 Å². The maximum Gasteiger partial charge on any atom is 0.148 e. The van der Waals surface area contributed by atoms with Gasteiger partial charge < -0.3 is 9.57 Å². The Hall–Kier alpha value is -0.570. The van der Waals surface area contributed by atoms with Crippen LogP contribution in [0, 0.1) is 5.41 Å². The van der Waals surface area contributed by atoms with E-state index in [0.29, 0.717) is 0 Å². The van der Waals surface area contributed by atoms with E-state index < -0.39 is 0 Å². The maximum absolute atomic E-state index is 5.77. The van der Waals surface area contributed by atoms with Crippen molar-refractivity contribution in [1.82, 2.24) is 0 Å². The zero-order valence-corrected chi connectivity index (χ0v) is 11.0. The Labute approximate surface area is 98.2 Å². The quantitative estimate of drug-likeness (QED) is 0.634. The summed E-state index contributed by atoms with van der Waals surface area (Å²) in [5.74, 6) is 0. The molecule has 16 heavy (non-hydrogen) atoms. The van der Waals surface area contributed by atoms with Crippen molar-refractivity contribution in [2.24, 2.45) is 10.6 Å². The van der Waals surface area contributed by atoms with Crippen LogP contribution < -0.4 is 0 Å². The minimum absolute atomic E-state index is 0.0836. The molecule has 0 saturated carbocycles. The van der Waals surface area contributed by atoms with Crippen molar-refractivity contribution in [2.75, 3.05) is 0 Å². The molecule has 3 heteroatoms. The smallest absolute Gasteiger partial charge is 0.148 e. The predicted molar refractivity (Wildman–Crippen MR) is 64.6 cm³/mol. The van der Waals surface area contributed by atoms with Crippen LogP contribution in [0.3, 0.4) is 0 Å². The van der Waals surface area contributed by atoms with E-state index in [1.807, 2.05) is 0 Å². The average molecular weight is 225 g/mol. The number of nitrogens with zero attached hydrogens (tertiary/aromatic N) is 1. The molecule has 92 valence electrons. The summed E-state index contributed by atoms with van der Waals surface area (Å²) in [6.45, 7) is 10.8. The Kier molecular flexibility index (Phi) is 2.77. The van der Waals surface area contributed by atoms with Crippen LogP contribution in [-0.4, -0.2) is 23.5 Å². The summed E-state index contributed by atoms with van der Waals surface area (Å²) in [7, 11) is 0. The number of hydrogen-bond donors (Lipinski definition) is 0. The minimum Gasteiger partial charge on any atom is -0.389 e. The summed E-state index contributed by atoms with van der Waals surface area (Å²) in [5.41, 5.74) is 1.22. The van der Waals surface area contributed by atoms with Gasteiger partial charge in [0.1, 0.15) is 5.60 Å². The minimum atomic E-state index is -0.0836. The number of ether oxygens (including phenoxy) is 1. The van der Waals surface area contributed by atoms with E-state index in [1.165, 1.54) is 5.71 Å². The fraction of sp³-hybridized carbons (Fsp3) is 0.923. The molecule has 2 unspecified atom stereocenters. The molecule has 2 heterocycles. The third kappa shape index (κ3) is 2.24. The first kappa shape index (κ1) is 11.9. The lowest BCUT2D eigenvalue weighted by molar-refractivity contribution is -0.147. The summed E-state index contributed by atoms with van der Waals surface area (Å²) in [5, 5.41) is 4.31. The predicted octanol–water partition coefficient (Wildman–Crippen LogP) is 3.14. The lowest BCUT2D eigenvalue weighted by atomic mass is 9.78. The molecular formula is C13H23NO2. The standard InChI is InChI=1S/C13H23NO2/c1-9-6-13(7-10(2)15-9)8-11(14-16-13)12(3,4)5/h9-10H,6-8H2,1-5H3. The molecule has 2 atom stereocenters. The van der Waals surface area contributed by atoms with Gasteiger partial charge in [-0.15, -0.1) is 0 Å². The second kappa shape index (κ2) is 3.73. The topological polar surface area (TPSA) is 30.8 Å². The van der Waals surface area contributed by atoms with Gasteiger partial charge in [0.15, 0.2) is 0 Å². The molecule has 0 N–H and O–H groups in total. The molecule has 3 nitrogen and oxygen atoms in total. The van der Waals surface area contributed by atoms with Gasteiger partial charge in [-0.05, 0) is 13.8 Å². The lowest BCUT2D eigenvalue weighted by Crippen LogP contribution is -2.44. The molecule has 1 spiro atoms. The molecule has 2 aliphatic rings. The van der Waals surface area contributed by atoms with Crippen molar-refractivity contribution in [1.29, 1.82) is 0 Å². The summed E-state index contributed by atoms with van der Waals surface area (Å²) >= 11 is 0. The van der Waals surface area contributed by atoms with Crippen LogP contribution in [0.15, 0.2) is 5.16 Å². The first-order valence-electron chi connectivity index (χ1n) is 6.22. The van der Waals surface area contributed by atoms with Crippen LogP contribution in [0.4, 0.5) is 0 Å². The first-order valence-corrected chi connectivity index (χ1v) is 6.22. The van der Waals surface area contributed by atoms with Gasteiger partial charge in [0, 0.05) is 24.7 Å². The molecule has 1 saturated heterocycles. The van der Waals surface area contributed by atoms with E-state index in [0.717, 1.165) is 19.3 Å². The molecule has 1 fully saturated rings. The monoisotopic (exact) mass is 225 g/mol. The Bertz CT molecular complexity index is 294. The third-order valence-electron chi connectivity index (χ3n) is 3.49. The summed E-state index contributed by atoms with van der Waals surface area (Å²) in [4.78, 5) is 5.77. The number of hydrogen-bond acceptors (Lipinski definition) is 3. The summed E-state index contributed by atoms with van der Waals surface area (Å²) in [6.07, 6.45) is 3.44. The second-order valence-corrected chi connectivity index (χ2v) is 6.40. The van der Waals surface area contributed by atoms with Crippen molar-refractivity contribution in [3.63, 3.8) is 0 Å². The highest BCUT2D eigenvalue weighted by Gasteiger charge is 2.47. The van der Waals surface area contributed by atoms with E-state index in [-0.39, 0.29) is 23.2 Å². The molecule has 0 aromatic heterocycles. The summed E-state index contributed by atoms with van der Waals surface area (Å²) < 4.78 is 5.76. The van der Waals surface area contributed by atoms with Crippen LogP contribution in [-0.2, 0) is 9.57 Å². The Morgan fingerprint density at radius 2 is 1.75 bits per heavy atom. The Balaban J connectivity index is 2.08. The van der Waals surface area contributed by atoms with Crippen LogP contribution in [0.25, 0.3) is 0 Å². The molecule has 0 radical (unpaired) electrons. The third-order valence-corrected chi connectivity index (χ3v) is 3.49.